The van der Waals surface area contributed by atoms with Crippen molar-refractivity contribution in [3.63, 3.8) is 0 Å². The van der Waals surface area contributed by atoms with Gasteiger partial charge in [0.15, 0.2) is 25.2 Å². The van der Waals surface area contributed by atoms with Crippen LogP contribution < -0.4 is 10.6 Å². The molecule has 0 bridgehead atoms. The Balaban J connectivity index is 1.57. The Morgan fingerprint density at radius 1 is 0.574 bits per heavy atom. The number of ether oxygens (including phenoxy) is 9. The predicted octanol–water partition coefficient (Wildman–Crippen LogP) is -12.4. The van der Waals surface area contributed by atoms with Crippen LogP contribution in [0.5, 0.6) is 0 Å². The molecule has 31 heteroatoms. The Labute approximate surface area is 384 Å². The summed E-state index contributed by atoms with van der Waals surface area (Å²) in [6.45, 7) is -3.39. The van der Waals surface area contributed by atoms with Crippen molar-refractivity contribution in [2.45, 2.75) is 179 Å². The molecule has 5 heterocycles. The van der Waals surface area contributed by atoms with Crippen molar-refractivity contribution < 1.29 is 144 Å². The van der Waals surface area contributed by atoms with Gasteiger partial charge in [-0.1, -0.05) is 0 Å². The molecule has 68 heavy (non-hydrogen) atoms. The van der Waals surface area contributed by atoms with E-state index in [0.717, 1.165) is 13.8 Å². The number of amides is 2. The van der Waals surface area contributed by atoms with Crippen molar-refractivity contribution >= 4 is 17.8 Å². The van der Waals surface area contributed by atoms with Crippen molar-refractivity contribution in [2.24, 2.45) is 0 Å². The van der Waals surface area contributed by atoms with Crippen molar-refractivity contribution in [1.29, 1.82) is 0 Å². The number of aliphatic hydroxyl groups excluding tert-OH is 16. The van der Waals surface area contributed by atoms with Crippen LogP contribution in [0.3, 0.4) is 0 Å². The lowest BCUT2D eigenvalue weighted by Crippen LogP contribution is -2.72. The van der Waals surface area contributed by atoms with E-state index in [0.29, 0.717) is 0 Å². The van der Waals surface area contributed by atoms with Gasteiger partial charge in [0.2, 0.25) is 11.8 Å². The summed E-state index contributed by atoms with van der Waals surface area (Å²) >= 11 is 0. The van der Waals surface area contributed by atoms with Crippen molar-refractivity contribution in [2.75, 3.05) is 33.0 Å². The lowest BCUT2D eigenvalue weighted by molar-refractivity contribution is -0.391. The molecule has 5 aliphatic heterocycles. The first-order valence-corrected chi connectivity index (χ1v) is 21.2. The quantitative estimate of drug-likeness (QED) is 0.0606. The summed E-state index contributed by atoms with van der Waals surface area (Å²) in [4.78, 5) is 39.1. The monoisotopic (exact) mass is 998 g/mol. The van der Waals surface area contributed by atoms with E-state index in [4.69, 9.17) is 42.6 Å². The standard InChI is InChI=1S/C37H62N2O29/c1-9(45)38-17-12(61-33-18(39-10(2)46)29(21(50)14(6-42)62-33)66-34-26(55)23(52)20(49)13(5-41)63-34)3-37(36(58)59,67-30(17)19(48)11(47)4-40)68-31-22(51)15(7-43)64-35(27(31)56)65-28-16(8-44)60-32(57)25(54)24(28)53/h11-35,40-44,47-57H,3-8H2,1-2H3,(H,38,45)(H,39,46)(H,58,59)/t11-,12+,13-,14-,15-,16-,17-,18-,19-,20+,21+,22+,23+,24-,25-,26-,27-,28-,29-,30-,31+,32?,33-,34+,35+,37+/m1/s1. The smallest absolute Gasteiger partial charge is 0.364 e. The average molecular weight is 999 g/mol. The lowest BCUT2D eigenvalue weighted by Gasteiger charge is -2.52. The van der Waals surface area contributed by atoms with Gasteiger partial charge in [0.25, 0.3) is 5.79 Å². The van der Waals surface area contributed by atoms with E-state index in [9.17, 15) is 101 Å². The summed E-state index contributed by atoms with van der Waals surface area (Å²) in [7, 11) is 0. The van der Waals surface area contributed by atoms with Gasteiger partial charge >= 0.3 is 5.97 Å². The third-order valence-electron chi connectivity index (χ3n) is 12.1. The Bertz CT molecular complexity index is 1650. The molecular formula is C37H62N2O29. The molecule has 19 N–H and O–H groups in total. The summed E-state index contributed by atoms with van der Waals surface area (Å²) in [5, 5.41) is 184. The number of carboxylic acids is 1. The van der Waals surface area contributed by atoms with Crippen LogP contribution in [0.2, 0.25) is 0 Å². The molecular weight excluding hydrogens is 936 g/mol. The number of aliphatic hydroxyl groups is 16. The molecule has 0 aromatic heterocycles. The van der Waals surface area contributed by atoms with Crippen LogP contribution in [0.4, 0.5) is 0 Å². The minimum absolute atomic E-state index is 0.904. The molecule has 5 aliphatic rings. The summed E-state index contributed by atoms with van der Waals surface area (Å²) in [6.07, 6.45) is -48.0. The topological polar surface area (TPSA) is 502 Å². The highest BCUT2D eigenvalue weighted by molar-refractivity contribution is 5.77. The molecule has 0 saturated carbocycles. The number of nitrogens with one attached hydrogen (secondary N) is 2. The molecule has 26 atom stereocenters. The fourth-order valence-electron chi connectivity index (χ4n) is 8.52. The highest BCUT2D eigenvalue weighted by Crippen LogP contribution is 2.41. The van der Waals surface area contributed by atoms with Gasteiger partial charge in [-0.05, 0) is 0 Å². The summed E-state index contributed by atoms with van der Waals surface area (Å²) in [6, 6.07) is -3.70. The molecule has 394 valence electrons. The van der Waals surface area contributed by atoms with Gasteiger partial charge in [0.1, 0.15) is 116 Å². The van der Waals surface area contributed by atoms with Crippen LogP contribution in [0, 0.1) is 0 Å². The molecule has 0 aromatic rings. The fourth-order valence-corrected chi connectivity index (χ4v) is 8.52. The number of aliphatic carboxylic acids is 1. The first-order chi connectivity index (χ1) is 32.0. The maximum absolute atomic E-state index is 13.6. The van der Waals surface area contributed by atoms with Gasteiger partial charge in [-0.15, -0.1) is 0 Å². The van der Waals surface area contributed by atoms with E-state index in [1.165, 1.54) is 0 Å². The van der Waals surface area contributed by atoms with E-state index in [2.05, 4.69) is 10.6 Å². The normalized spacial score (nSPS) is 46.6. The van der Waals surface area contributed by atoms with Crippen LogP contribution in [-0.4, -0.2) is 297 Å². The van der Waals surface area contributed by atoms with E-state index in [1.807, 2.05) is 0 Å². The molecule has 5 saturated heterocycles. The largest absolute Gasteiger partial charge is 0.477 e. The van der Waals surface area contributed by atoms with Gasteiger partial charge in [0.05, 0.1) is 45.2 Å². The van der Waals surface area contributed by atoms with Crippen molar-refractivity contribution in [1.82, 2.24) is 10.6 Å². The molecule has 1 unspecified atom stereocenters. The first-order valence-electron chi connectivity index (χ1n) is 21.2. The maximum atomic E-state index is 13.6. The zero-order valence-corrected chi connectivity index (χ0v) is 36.2. The molecule has 31 nitrogen and oxygen atoms in total. The van der Waals surface area contributed by atoms with Crippen LogP contribution in [0.15, 0.2) is 0 Å². The van der Waals surface area contributed by atoms with E-state index in [-0.39, 0.29) is 0 Å². The number of carbonyl (C=O) groups excluding carboxylic acids is 2. The van der Waals surface area contributed by atoms with Gasteiger partial charge in [-0.25, -0.2) is 4.79 Å². The minimum atomic E-state index is -3.36. The second kappa shape index (κ2) is 23.8. The SMILES string of the molecule is CC(=O)N[C@H]1[C@H](O[C@H]2C[C@](O[C@H]3[C@@H](O)[C@@H](CO)O[C@@H](O[C@H]4[C@H](O)[C@@H](O)C(O)O[C@@H]4CO)[C@@H]3O)(C(=O)O)O[C@@H]([C@H](O)[C@H](O)CO)[C@@H]2NC(C)=O)O[C@H](CO)[C@H](O)[C@@H]1O[C@@H]1O[C@H](CO)[C@H](O)[C@H](O)[C@H]1O. The maximum Gasteiger partial charge on any atom is 0.364 e. The van der Waals surface area contributed by atoms with E-state index >= 15 is 0 Å². The van der Waals surface area contributed by atoms with Crippen LogP contribution >= 0.6 is 0 Å². The number of carbonyl (C=O) groups is 3. The fraction of sp³-hybridized carbons (Fsp3) is 0.919. The van der Waals surface area contributed by atoms with Gasteiger partial charge in [-0.2, -0.15) is 0 Å². The third kappa shape index (κ3) is 11.8. The second-order valence-corrected chi connectivity index (χ2v) is 16.8. The summed E-state index contributed by atoms with van der Waals surface area (Å²) in [5.41, 5.74) is 0. The van der Waals surface area contributed by atoms with Gasteiger partial charge < -0.3 is 140 Å². The first kappa shape index (κ1) is 56.3. The predicted molar refractivity (Wildman–Crippen MR) is 207 cm³/mol. The van der Waals surface area contributed by atoms with E-state index in [1.54, 1.807) is 0 Å². The number of hydrogen-bond acceptors (Lipinski definition) is 28. The Morgan fingerprint density at radius 2 is 1.07 bits per heavy atom. The Kier molecular flexibility index (Phi) is 19.7. The Hall–Kier alpha value is -2.59. The zero-order chi connectivity index (χ0) is 50.7. The summed E-state index contributed by atoms with van der Waals surface area (Å²) in [5.74, 6) is -7.36. The number of hydrogen-bond donors (Lipinski definition) is 19. The van der Waals surface area contributed by atoms with Crippen LogP contribution in [0.25, 0.3) is 0 Å². The van der Waals surface area contributed by atoms with Gasteiger partial charge in [-0.3, -0.25) is 9.59 Å². The third-order valence-corrected chi connectivity index (χ3v) is 12.1. The lowest BCUT2D eigenvalue weighted by atomic mass is 9.87. The molecule has 0 radical (unpaired) electrons. The van der Waals surface area contributed by atoms with E-state index < -0.39 is 216 Å². The van der Waals surface area contributed by atoms with Crippen molar-refractivity contribution in [3.8, 4) is 0 Å². The molecule has 0 spiro atoms. The van der Waals surface area contributed by atoms with Gasteiger partial charge in [0, 0.05) is 20.3 Å². The zero-order valence-electron chi connectivity index (χ0n) is 36.2. The molecule has 0 aromatic carbocycles. The molecule has 5 rings (SSSR count). The number of rotatable bonds is 18. The number of carboxylic acid groups (broad SMARTS) is 1. The van der Waals surface area contributed by atoms with Crippen molar-refractivity contribution in [3.05, 3.63) is 0 Å². The second-order valence-electron chi connectivity index (χ2n) is 16.8. The molecule has 0 aliphatic carbocycles. The molecule has 5 fully saturated rings. The minimum Gasteiger partial charge on any atom is -0.477 e. The highest BCUT2D eigenvalue weighted by Gasteiger charge is 2.62. The van der Waals surface area contributed by atoms with Crippen LogP contribution in [0.1, 0.15) is 20.3 Å². The average Bonchev–Trinajstić information content (AvgIpc) is 3.30. The molecule has 2 amide bonds. The highest BCUT2D eigenvalue weighted by atomic mass is 16.8. The summed E-state index contributed by atoms with van der Waals surface area (Å²) < 4.78 is 51.1. The Morgan fingerprint density at radius 3 is 1.60 bits per heavy atom. The van der Waals surface area contributed by atoms with Crippen LogP contribution in [-0.2, 0) is 57.0 Å².